The van der Waals surface area contributed by atoms with Gasteiger partial charge in [-0.3, -0.25) is 0 Å². The Hall–Kier alpha value is -1.05. The molecule has 1 heterocycles. The second kappa shape index (κ2) is 3.60. The fraction of sp³-hybridized carbons (Fsp3) is 0.111. The zero-order chi connectivity index (χ0) is 10.1. The summed E-state index contributed by atoms with van der Waals surface area (Å²) in [7, 11) is 0. The number of hydrogen-bond acceptors (Lipinski definition) is 2. The Labute approximate surface area is 93.8 Å². The standard InChI is InChI=1S/C9H5BrClN3/c10-6-3-5(11)4-7-9(6)14-8(13-7)1-2-12/h3-4H,1H2,(H,13,14). The third-order valence-corrected chi connectivity index (χ3v) is 2.62. The monoisotopic (exact) mass is 269 g/mol. The van der Waals surface area contributed by atoms with Crippen LogP contribution in [0.15, 0.2) is 16.6 Å². The van der Waals surface area contributed by atoms with Gasteiger partial charge in [-0.1, -0.05) is 11.6 Å². The summed E-state index contributed by atoms with van der Waals surface area (Å²) in [6, 6.07) is 5.60. The number of benzene rings is 1. The smallest absolute Gasteiger partial charge is 0.121 e. The van der Waals surface area contributed by atoms with Crippen molar-refractivity contribution in [2.45, 2.75) is 6.42 Å². The molecule has 0 saturated carbocycles. The summed E-state index contributed by atoms with van der Waals surface area (Å²) in [6.45, 7) is 0. The lowest BCUT2D eigenvalue weighted by Crippen LogP contribution is -1.82. The molecule has 70 valence electrons. The van der Waals surface area contributed by atoms with Crippen molar-refractivity contribution in [3.8, 4) is 6.07 Å². The van der Waals surface area contributed by atoms with Gasteiger partial charge in [0.15, 0.2) is 0 Å². The fourth-order valence-corrected chi connectivity index (χ4v) is 2.15. The van der Waals surface area contributed by atoms with Crippen molar-refractivity contribution >= 4 is 38.6 Å². The molecule has 3 nitrogen and oxygen atoms in total. The van der Waals surface area contributed by atoms with Crippen LogP contribution in [-0.4, -0.2) is 9.97 Å². The molecule has 0 atom stereocenters. The van der Waals surface area contributed by atoms with Crippen LogP contribution in [0.4, 0.5) is 0 Å². The molecule has 2 aromatic rings. The van der Waals surface area contributed by atoms with Gasteiger partial charge in [0.05, 0.1) is 18.0 Å². The van der Waals surface area contributed by atoms with Gasteiger partial charge in [0.2, 0.25) is 0 Å². The number of aromatic nitrogens is 2. The van der Waals surface area contributed by atoms with Gasteiger partial charge in [-0.15, -0.1) is 0 Å². The molecule has 1 aromatic carbocycles. The highest BCUT2D eigenvalue weighted by Gasteiger charge is 2.06. The molecule has 5 heteroatoms. The number of rotatable bonds is 1. The summed E-state index contributed by atoms with van der Waals surface area (Å²) in [4.78, 5) is 7.29. The number of imidazole rings is 1. The fourth-order valence-electron chi connectivity index (χ4n) is 1.25. The van der Waals surface area contributed by atoms with Gasteiger partial charge >= 0.3 is 0 Å². The van der Waals surface area contributed by atoms with Crippen LogP contribution in [0.5, 0.6) is 0 Å². The van der Waals surface area contributed by atoms with E-state index < -0.39 is 0 Å². The molecule has 1 N–H and O–H groups in total. The number of hydrogen-bond donors (Lipinski definition) is 1. The van der Waals surface area contributed by atoms with E-state index in [0.29, 0.717) is 10.8 Å². The maximum atomic E-state index is 8.52. The van der Waals surface area contributed by atoms with Gasteiger partial charge in [0.1, 0.15) is 11.3 Å². The maximum absolute atomic E-state index is 8.52. The Bertz CT molecular complexity index is 527. The lowest BCUT2D eigenvalue weighted by Gasteiger charge is -1.92. The molecule has 0 radical (unpaired) electrons. The van der Waals surface area contributed by atoms with Gasteiger partial charge in [-0.2, -0.15) is 5.26 Å². The van der Waals surface area contributed by atoms with Gasteiger partial charge in [0, 0.05) is 9.50 Å². The third-order valence-electron chi connectivity index (χ3n) is 1.80. The number of aromatic amines is 1. The highest BCUT2D eigenvalue weighted by molar-refractivity contribution is 9.10. The molecule has 0 spiro atoms. The predicted octanol–water partition coefficient (Wildman–Crippen LogP) is 3.04. The van der Waals surface area contributed by atoms with Crippen molar-refractivity contribution in [1.82, 2.24) is 9.97 Å². The normalized spacial score (nSPS) is 10.4. The van der Waals surface area contributed by atoms with Crippen molar-refractivity contribution in [2.24, 2.45) is 0 Å². The minimum atomic E-state index is 0.277. The maximum Gasteiger partial charge on any atom is 0.121 e. The van der Waals surface area contributed by atoms with E-state index in [1.807, 2.05) is 6.07 Å². The molecule has 1 aromatic heterocycles. The second-order valence-electron chi connectivity index (χ2n) is 2.80. The molecule has 0 aliphatic heterocycles. The van der Waals surface area contributed by atoms with Crippen molar-refractivity contribution in [3.63, 3.8) is 0 Å². The molecule has 0 bridgehead atoms. The van der Waals surface area contributed by atoms with E-state index in [-0.39, 0.29) is 6.42 Å². The zero-order valence-electron chi connectivity index (χ0n) is 7.01. The highest BCUT2D eigenvalue weighted by Crippen LogP contribution is 2.26. The van der Waals surface area contributed by atoms with E-state index in [1.165, 1.54) is 0 Å². The number of nitrogens with zero attached hydrogens (tertiary/aromatic N) is 2. The van der Waals surface area contributed by atoms with Crippen LogP contribution in [-0.2, 0) is 6.42 Å². The molecule has 0 unspecified atom stereocenters. The molecule has 2 rings (SSSR count). The topological polar surface area (TPSA) is 52.5 Å². The molecule has 0 saturated heterocycles. The number of H-pyrrole nitrogens is 1. The summed E-state index contributed by atoms with van der Waals surface area (Å²) in [6.07, 6.45) is 0.277. The Morgan fingerprint density at radius 1 is 1.57 bits per heavy atom. The zero-order valence-corrected chi connectivity index (χ0v) is 9.35. The third kappa shape index (κ3) is 1.61. The van der Waals surface area contributed by atoms with E-state index in [2.05, 4.69) is 25.9 Å². The molecule has 0 aliphatic carbocycles. The SMILES string of the molecule is N#CCc1nc2c(Br)cc(Cl)cc2[nH]1. The Morgan fingerprint density at radius 3 is 3.07 bits per heavy atom. The van der Waals surface area contributed by atoms with E-state index in [4.69, 9.17) is 16.9 Å². The van der Waals surface area contributed by atoms with Crippen LogP contribution < -0.4 is 0 Å². The molecule has 0 fully saturated rings. The first-order chi connectivity index (χ1) is 6.70. The quantitative estimate of drug-likeness (QED) is 0.866. The number of fused-ring (bicyclic) bond motifs is 1. The van der Waals surface area contributed by atoms with Crippen LogP contribution in [0.25, 0.3) is 11.0 Å². The Kier molecular flexibility index (Phi) is 2.44. The number of halogens is 2. The first-order valence-electron chi connectivity index (χ1n) is 3.91. The lowest BCUT2D eigenvalue weighted by atomic mass is 10.3. The minimum absolute atomic E-state index is 0.277. The van der Waals surface area contributed by atoms with E-state index in [9.17, 15) is 0 Å². The van der Waals surface area contributed by atoms with Crippen LogP contribution in [0, 0.1) is 11.3 Å². The summed E-state index contributed by atoms with van der Waals surface area (Å²) in [5.41, 5.74) is 1.65. The first-order valence-corrected chi connectivity index (χ1v) is 5.08. The van der Waals surface area contributed by atoms with E-state index in [0.717, 1.165) is 15.5 Å². The van der Waals surface area contributed by atoms with Crippen LogP contribution in [0.2, 0.25) is 5.02 Å². The number of nitriles is 1. The molecule has 0 amide bonds. The average molecular weight is 271 g/mol. The molecule has 0 aliphatic rings. The van der Waals surface area contributed by atoms with Gasteiger partial charge in [-0.25, -0.2) is 4.98 Å². The molecule has 14 heavy (non-hydrogen) atoms. The Morgan fingerprint density at radius 2 is 2.36 bits per heavy atom. The average Bonchev–Trinajstić information content (AvgIpc) is 2.48. The van der Waals surface area contributed by atoms with Crippen molar-refractivity contribution < 1.29 is 0 Å². The second-order valence-corrected chi connectivity index (χ2v) is 4.09. The van der Waals surface area contributed by atoms with Crippen molar-refractivity contribution in [2.75, 3.05) is 0 Å². The van der Waals surface area contributed by atoms with Crippen LogP contribution in [0.1, 0.15) is 5.82 Å². The van der Waals surface area contributed by atoms with E-state index >= 15 is 0 Å². The van der Waals surface area contributed by atoms with Crippen LogP contribution in [0.3, 0.4) is 0 Å². The van der Waals surface area contributed by atoms with Crippen molar-refractivity contribution in [1.29, 1.82) is 5.26 Å². The summed E-state index contributed by atoms with van der Waals surface area (Å²) >= 11 is 9.23. The summed E-state index contributed by atoms with van der Waals surface area (Å²) in [5.74, 6) is 0.658. The highest BCUT2D eigenvalue weighted by atomic mass is 79.9. The largest absolute Gasteiger partial charge is 0.341 e. The summed E-state index contributed by atoms with van der Waals surface area (Å²) in [5, 5.41) is 9.16. The van der Waals surface area contributed by atoms with Crippen molar-refractivity contribution in [3.05, 3.63) is 27.5 Å². The van der Waals surface area contributed by atoms with E-state index in [1.54, 1.807) is 12.1 Å². The molecular formula is C9H5BrClN3. The van der Waals surface area contributed by atoms with Crippen LogP contribution >= 0.6 is 27.5 Å². The minimum Gasteiger partial charge on any atom is -0.341 e. The van der Waals surface area contributed by atoms with Gasteiger partial charge in [-0.05, 0) is 28.1 Å². The molecular weight excluding hydrogens is 265 g/mol. The summed E-state index contributed by atoms with van der Waals surface area (Å²) < 4.78 is 0.834. The Balaban J connectivity index is 2.66. The van der Waals surface area contributed by atoms with Gasteiger partial charge < -0.3 is 4.98 Å². The first kappa shape index (κ1) is 9.50. The lowest BCUT2D eigenvalue weighted by molar-refractivity contribution is 1.08. The predicted molar refractivity (Wildman–Crippen MR) is 58.1 cm³/mol. The number of nitrogens with one attached hydrogen (secondary N) is 1. The van der Waals surface area contributed by atoms with Gasteiger partial charge in [0.25, 0.3) is 0 Å².